The largest absolute Gasteiger partial charge is 0.454 e. The summed E-state index contributed by atoms with van der Waals surface area (Å²) in [5, 5.41) is 0. The quantitative estimate of drug-likeness (QED) is 0.317. The summed E-state index contributed by atoms with van der Waals surface area (Å²) in [4.78, 5) is 53.1. The molecule has 3 fully saturated rings. The summed E-state index contributed by atoms with van der Waals surface area (Å²) >= 11 is 0. The summed E-state index contributed by atoms with van der Waals surface area (Å²) in [5.41, 5.74) is 0.797. The molecule has 2 amide bonds. The minimum Gasteiger partial charge on any atom is -0.454 e. The Labute approximate surface area is 184 Å². The van der Waals surface area contributed by atoms with Crippen molar-refractivity contribution in [3.05, 3.63) is 77.9 Å². The van der Waals surface area contributed by atoms with Crippen molar-refractivity contribution >= 4 is 29.3 Å². The normalized spacial score (nSPS) is 31.3. The summed E-state index contributed by atoms with van der Waals surface area (Å²) in [5.74, 6) is -0.968. The number of ketones is 1. The van der Waals surface area contributed by atoms with E-state index >= 15 is 0 Å². The van der Waals surface area contributed by atoms with Crippen LogP contribution in [0.4, 0.5) is 5.69 Å². The minimum absolute atomic E-state index is 0.110. The highest BCUT2D eigenvalue weighted by molar-refractivity contribution is 6.24. The number of imide groups is 1. The average Bonchev–Trinajstić information content (AvgIpc) is 3.61. The lowest BCUT2D eigenvalue weighted by Crippen LogP contribution is -2.40. The fourth-order valence-corrected chi connectivity index (χ4v) is 5.95. The van der Waals surface area contributed by atoms with E-state index in [-0.39, 0.29) is 52.5 Å². The van der Waals surface area contributed by atoms with Crippen LogP contribution in [0.15, 0.2) is 66.7 Å². The molecule has 4 aliphatic carbocycles. The van der Waals surface area contributed by atoms with Gasteiger partial charge in [0, 0.05) is 5.56 Å². The number of carbonyl (C=O) groups excluding carboxylic acids is 4. The summed E-state index contributed by atoms with van der Waals surface area (Å²) in [6.07, 6.45) is 5.32. The number of ether oxygens (including phenoxy) is 1. The third kappa shape index (κ3) is 2.72. The zero-order valence-electron chi connectivity index (χ0n) is 17.2. The highest BCUT2D eigenvalue weighted by Gasteiger charge is 2.67. The third-order valence-electron chi connectivity index (χ3n) is 7.46. The van der Waals surface area contributed by atoms with E-state index in [0.29, 0.717) is 17.4 Å². The zero-order valence-corrected chi connectivity index (χ0v) is 17.2. The van der Waals surface area contributed by atoms with Gasteiger partial charge in [-0.2, -0.15) is 0 Å². The molecule has 5 aliphatic rings. The van der Waals surface area contributed by atoms with Gasteiger partial charge in [0.25, 0.3) is 0 Å². The van der Waals surface area contributed by atoms with Crippen LogP contribution in [-0.2, 0) is 14.3 Å². The Hall–Kier alpha value is -3.54. The van der Waals surface area contributed by atoms with Crippen molar-refractivity contribution in [3.63, 3.8) is 0 Å². The van der Waals surface area contributed by atoms with Crippen molar-refractivity contribution in [1.82, 2.24) is 0 Å². The summed E-state index contributed by atoms with van der Waals surface area (Å²) in [6.45, 7) is -0.415. The molecule has 6 atom stereocenters. The van der Waals surface area contributed by atoms with E-state index in [1.807, 2.05) is 0 Å². The van der Waals surface area contributed by atoms with Crippen LogP contribution in [0.3, 0.4) is 0 Å². The molecular weight excluding hydrogens is 406 g/mol. The van der Waals surface area contributed by atoms with E-state index in [4.69, 9.17) is 4.74 Å². The predicted molar refractivity (Wildman–Crippen MR) is 115 cm³/mol. The van der Waals surface area contributed by atoms with Gasteiger partial charge in [0.05, 0.1) is 23.1 Å². The molecule has 1 heterocycles. The number of Topliss-reactive ketones (excluding diaryl/α,β-unsaturated/α-hetero) is 1. The van der Waals surface area contributed by atoms with Gasteiger partial charge < -0.3 is 4.74 Å². The number of carbonyl (C=O) groups is 4. The van der Waals surface area contributed by atoms with Gasteiger partial charge in [0.15, 0.2) is 12.4 Å². The number of nitrogens with zero attached hydrogens (tertiary/aromatic N) is 1. The van der Waals surface area contributed by atoms with E-state index in [1.165, 1.54) is 11.0 Å². The Kier molecular flexibility index (Phi) is 4.18. The van der Waals surface area contributed by atoms with Crippen molar-refractivity contribution in [2.24, 2.45) is 35.5 Å². The fraction of sp³-hybridized carbons (Fsp3) is 0.308. The summed E-state index contributed by atoms with van der Waals surface area (Å²) in [6, 6.07) is 15.0. The Morgan fingerprint density at radius 3 is 2.09 bits per heavy atom. The molecule has 0 N–H and O–H groups in total. The van der Waals surface area contributed by atoms with Crippen molar-refractivity contribution in [2.75, 3.05) is 11.5 Å². The molecule has 1 aliphatic heterocycles. The second-order valence-electron chi connectivity index (χ2n) is 9.05. The topological polar surface area (TPSA) is 80.8 Å². The van der Waals surface area contributed by atoms with Crippen LogP contribution >= 0.6 is 0 Å². The molecule has 0 unspecified atom stereocenters. The third-order valence-corrected chi connectivity index (χ3v) is 7.46. The molecule has 2 aromatic rings. The molecule has 6 nitrogen and oxygen atoms in total. The number of para-hydroxylation sites is 1. The molecule has 1 saturated heterocycles. The van der Waals surface area contributed by atoms with E-state index < -0.39 is 12.6 Å². The van der Waals surface area contributed by atoms with Crippen molar-refractivity contribution in [1.29, 1.82) is 0 Å². The smallest absolute Gasteiger partial charge is 0.340 e. The van der Waals surface area contributed by atoms with E-state index in [0.717, 1.165) is 6.42 Å². The molecule has 7 rings (SSSR count). The number of rotatable bonds is 5. The standard InChI is InChI=1S/C26H21NO5/c28-21(14-6-2-1-3-7-14)13-32-26(31)17-8-4-5-9-20(17)27-24(29)22-15-10-11-16(19-12-18(15)19)23(22)25(27)30/h1-11,15-16,18-19,22-23H,12-13H2/t15-,16-,18-,19-,22-,23+/m0/s1. The van der Waals surface area contributed by atoms with Crippen LogP contribution in [-0.4, -0.2) is 30.2 Å². The molecule has 2 aromatic carbocycles. The zero-order chi connectivity index (χ0) is 22.0. The van der Waals surface area contributed by atoms with Gasteiger partial charge in [0.2, 0.25) is 11.8 Å². The molecular formula is C26H21NO5. The minimum atomic E-state index is -0.732. The molecule has 6 heteroatoms. The van der Waals surface area contributed by atoms with Gasteiger partial charge in [0.1, 0.15) is 0 Å². The maximum atomic E-state index is 13.4. The lowest BCUT2D eigenvalue weighted by molar-refractivity contribution is -0.124. The summed E-state index contributed by atoms with van der Waals surface area (Å²) in [7, 11) is 0. The van der Waals surface area contributed by atoms with Crippen LogP contribution in [0.1, 0.15) is 27.1 Å². The second-order valence-corrected chi connectivity index (χ2v) is 9.05. The Morgan fingerprint density at radius 2 is 1.44 bits per heavy atom. The number of anilines is 1. The molecule has 0 aromatic heterocycles. The number of benzene rings is 2. The summed E-state index contributed by atoms with van der Waals surface area (Å²) < 4.78 is 5.26. The SMILES string of the molecule is O=C(COC(=O)c1ccccc1N1C(=O)[C@@H]2[C@H]3C=C[C@@H]([C@@H]4C[C@@H]34)[C@@H]2C1=O)c1ccccc1. The van der Waals surface area contributed by atoms with Gasteiger partial charge in [-0.05, 0) is 42.2 Å². The first-order valence-electron chi connectivity index (χ1n) is 11.0. The van der Waals surface area contributed by atoms with E-state index in [9.17, 15) is 19.2 Å². The Morgan fingerprint density at radius 1 is 0.844 bits per heavy atom. The molecule has 0 radical (unpaired) electrons. The Bertz CT molecular complexity index is 1150. The number of hydrogen-bond donors (Lipinski definition) is 0. The molecule has 160 valence electrons. The van der Waals surface area contributed by atoms with E-state index in [2.05, 4.69) is 12.2 Å². The first-order chi connectivity index (χ1) is 15.6. The predicted octanol–water partition coefficient (Wildman–Crippen LogP) is 3.28. The Balaban J connectivity index is 1.25. The maximum Gasteiger partial charge on any atom is 0.340 e. The second kappa shape index (κ2) is 6.99. The van der Waals surface area contributed by atoms with Gasteiger partial charge >= 0.3 is 5.97 Å². The van der Waals surface area contributed by atoms with Crippen molar-refractivity contribution < 1.29 is 23.9 Å². The van der Waals surface area contributed by atoms with Gasteiger partial charge in [-0.1, -0.05) is 54.6 Å². The fourth-order valence-electron chi connectivity index (χ4n) is 5.95. The average molecular weight is 427 g/mol. The number of hydrogen-bond acceptors (Lipinski definition) is 5. The van der Waals surface area contributed by atoms with Crippen molar-refractivity contribution in [3.8, 4) is 0 Å². The van der Waals surface area contributed by atoms with Crippen LogP contribution in [0.25, 0.3) is 0 Å². The number of amides is 2. The monoisotopic (exact) mass is 427 g/mol. The number of esters is 1. The molecule has 0 spiro atoms. The number of allylic oxidation sites excluding steroid dienone is 2. The highest BCUT2D eigenvalue weighted by Crippen LogP contribution is 2.65. The first-order valence-corrected chi connectivity index (χ1v) is 11.0. The lowest BCUT2D eigenvalue weighted by atomic mass is 9.63. The van der Waals surface area contributed by atoms with Gasteiger partial charge in [-0.15, -0.1) is 0 Å². The van der Waals surface area contributed by atoms with Crippen molar-refractivity contribution in [2.45, 2.75) is 6.42 Å². The van der Waals surface area contributed by atoms with Crippen LogP contribution < -0.4 is 4.90 Å². The molecule has 2 saturated carbocycles. The van der Waals surface area contributed by atoms with Gasteiger partial charge in [-0.3, -0.25) is 14.4 Å². The highest BCUT2D eigenvalue weighted by atomic mass is 16.5. The van der Waals surface area contributed by atoms with E-state index in [1.54, 1.807) is 48.5 Å². The van der Waals surface area contributed by atoms with Crippen LogP contribution in [0.5, 0.6) is 0 Å². The first kappa shape index (κ1) is 19.2. The van der Waals surface area contributed by atoms with Crippen LogP contribution in [0.2, 0.25) is 0 Å². The molecule has 32 heavy (non-hydrogen) atoms. The van der Waals surface area contributed by atoms with Gasteiger partial charge in [-0.25, -0.2) is 9.69 Å². The molecule has 2 bridgehead atoms. The lowest BCUT2D eigenvalue weighted by Gasteiger charge is -2.37. The maximum absolute atomic E-state index is 13.4. The van der Waals surface area contributed by atoms with Crippen LogP contribution in [0, 0.1) is 35.5 Å².